The summed E-state index contributed by atoms with van der Waals surface area (Å²) in [5.41, 5.74) is 0.201. The number of anilines is 1. The van der Waals surface area contributed by atoms with Crippen LogP contribution in [0.3, 0.4) is 0 Å². The summed E-state index contributed by atoms with van der Waals surface area (Å²) in [5, 5.41) is 5.04. The molecule has 0 saturated carbocycles. The maximum atomic E-state index is 13.6. The number of hydrogen-bond acceptors (Lipinski definition) is 4. The minimum absolute atomic E-state index is 0.122. The molecular formula is C13H12F2N2O4S2. The Balaban J connectivity index is 2.46. The van der Waals surface area contributed by atoms with Gasteiger partial charge in [-0.05, 0) is 36.8 Å². The molecule has 3 N–H and O–H groups in total. The molecule has 2 rings (SSSR count). The van der Waals surface area contributed by atoms with E-state index >= 15 is 0 Å². The van der Waals surface area contributed by atoms with Crippen molar-refractivity contribution in [1.82, 2.24) is 0 Å². The molecular weight excluding hydrogens is 350 g/mol. The maximum Gasteiger partial charge on any atom is 0.264 e. The summed E-state index contributed by atoms with van der Waals surface area (Å²) in [6.07, 6.45) is 0. The molecule has 0 radical (unpaired) electrons. The van der Waals surface area contributed by atoms with Gasteiger partial charge in [-0.2, -0.15) is 0 Å². The number of sulfonamides is 2. The number of aryl methyl sites for hydroxylation is 1. The zero-order valence-corrected chi connectivity index (χ0v) is 13.4. The molecule has 0 aliphatic carbocycles. The molecule has 23 heavy (non-hydrogen) atoms. The molecule has 0 atom stereocenters. The van der Waals surface area contributed by atoms with Gasteiger partial charge < -0.3 is 0 Å². The van der Waals surface area contributed by atoms with Gasteiger partial charge in [-0.25, -0.2) is 30.8 Å². The van der Waals surface area contributed by atoms with Crippen LogP contribution in [0.25, 0.3) is 0 Å². The predicted octanol–water partition coefficient (Wildman–Crippen LogP) is 1.72. The van der Waals surface area contributed by atoms with Gasteiger partial charge in [0.05, 0.1) is 10.6 Å². The zero-order chi connectivity index (χ0) is 17.4. The highest BCUT2D eigenvalue weighted by Gasteiger charge is 2.21. The first kappa shape index (κ1) is 17.3. The van der Waals surface area contributed by atoms with E-state index in [2.05, 4.69) is 0 Å². The first-order valence-corrected chi connectivity index (χ1v) is 9.15. The van der Waals surface area contributed by atoms with E-state index in [1.165, 1.54) is 19.1 Å². The van der Waals surface area contributed by atoms with Gasteiger partial charge in [0.25, 0.3) is 10.0 Å². The van der Waals surface area contributed by atoms with Crippen molar-refractivity contribution in [3.63, 3.8) is 0 Å². The number of halogens is 2. The molecule has 0 amide bonds. The highest BCUT2D eigenvalue weighted by molar-refractivity contribution is 7.92. The number of hydrogen-bond donors (Lipinski definition) is 2. The van der Waals surface area contributed by atoms with Crippen LogP contribution in [0.1, 0.15) is 5.56 Å². The first-order valence-electron chi connectivity index (χ1n) is 6.12. The molecule has 2 aromatic rings. The predicted molar refractivity (Wildman–Crippen MR) is 79.7 cm³/mol. The molecule has 0 fully saturated rings. The van der Waals surface area contributed by atoms with Crippen LogP contribution in [0.15, 0.2) is 46.2 Å². The van der Waals surface area contributed by atoms with Crippen LogP contribution in [0.4, 0.5) is 14.5 Å². The second-order valence-corrected chi connectivity index (χ2v) is 7.89. The molecule has 0 aliphatic heterocycles. The van der Waals surface area contributed by atoms with Crippen molar-refractivity contribution in [2.45, 2.75) is 16.7 Å². The smallest absolute Gasteiger partial charge is 0.264 e. The molecule has 124 valence electrons. The maximum absolute atomic E-state index is 13.6. The van der Waals surface area contributed by atoms with Crippen LogP contribution in [0.2, 0.25) is 0 Å². The normalized spacial score (nSPS) is 12.2. The van der Waals surface area contributed by atoms with E-state index in [0.717, 1.165) is 18.2 Å². The van der Waals surface area contributed by atoms with E-state index < -0.39 is 36.6 Å². The molecule has 0 aromatic heterocycles. The van der Waals surface area contributed by atoms with Crippen molar-refractivity contribution < 1.29 is 25.6 Å². The van der Waals surface area contributed by atoms with Gasteiger partial charge in [-0.3, -0.25) is 4.72 Å². The Morgan fingerprint density at radius 1 is 0.957 bits per heavy atom. The first-order chi connectivity index (χ1) is 10.5. The van der Waals surface area contributed by atoms with Crippen molar-refractivity contribution in [2.24, 2.45) is 5.14 Å². The van der Waals surface area contributed by atoms with Gasteiger partial charge in [0.1, 0.15) is 16.5 Å². The van der Waals surface area contributed by atoms with Crippen molar-refractivity contribution >= 4 is 25.7 Å². The largest absolute Gasteiger partial charge is 0.279 e. The molecule has 0 spiro atoms. The average molecular weight is 362 g/mol. The molecule has 6 nitrogen and oxygen atoms in total. The topological polar surface area (TPSA) is 106 Å². The molecule has 0 aliphatic rings. The average Bonchev–Trinajstić information content (AvgIpc) is 2.39. The fraction of sp³-hybridized carbons (Fsp3) is 0.0769. The van der Waals surface area contributed by atoms with Crippen LogP contribution in [-0.2, 0) is 20.0 Å². The van der Waals surface area contributed by atoms with Crippen molar-refractivity contribution in [1.29, 1.82) is 0 Å². The number of nitrogens with one attached hydrogen (secondary N) is 1. The van der Waals surface area contributed by atoms with Gasteiger partial charge in [0, 0.05) is 6.07 Å². The number of nitrogens with two attached hydrogens (primary N) is 1. The van der Waals surface area contributed by atoms with E-state index in [4.69, 9.17) is 5.14 Å². The summed E-state index contributed by atoms with van der Waals surface area (Å²) < 4.78 is 75.6. The lowest BCUT2D eigenvalue weighted by atomic mass is 10.2. The fourth-order valence-electron chi connectivity index (χ4n) is 1.87. The number of primary sulfonamides is 1. The van der Waals surface area contributed by atoms with Crippen molar-refractivity contribution in [2.75, 3.05) is 4.72 Å². The summed E-state index contributed by atoms with van der Waals surface area (Å²) in [7, 11) is -8.41. The van der Waals surface area contributed by atoms with E-state index in [1.807, 2.05) is 4.72 Å². The second-order valence-electron chi connectivity index (χ2n) is 4.71. The summed E-state index contributed by atoms with van der Waals surface area (Å²) in [6, 6.07) is 5.65. The van der Waals surface area contributed by atoms with Gasteiger partial charge in [-0.1, -0.05) is 6.07 Å². The quantitative estimate of drug-likeness (QED) is 0.864. The second kappa shape index (κ2) is 5.87. The lowest BCUT2D eigenvalue weighted by molar-refractivity contribution is 0.551. The Hall–Kier alpha value is -2.04. The lowest BCUT2D eigenvalue weighted by Crippen LogP contribution is -2.17. The Morgan fingerprint density at radius 2 is 1.61 bits per heavy atom. The highest BCUT2D eigenvalue weighted by atomic mass is 32.2. The molecule has 0 unspecified atom stereocenters. The number of rotatable bonds is 4. The Labute approximate surface area is 132 Å². The fourth-order valence-corrected chi connectivity index (χ4v) is 3.79. The third-order valence-corrected chi connectivity index (χ3v) is 5.40. The zero-order valence-electron chi connectivity index (χ0n) is 11.7. The highest BCUT2D eigenvalue weighted by Crippen LogP contribution is 2.23. The SMILES string of the molecule is Cc1ccc(NS(=O)(=O)c2ccc(F)cc2F)cc1S(N)(=O)=O. The van der Waals surface area contributed by atoms with Gasteiger partial charge in [-0.15, -0.1) is 0 Å². The van der Waals surface area contributed by atoms with Gasteiger partial charge in [0.2, 0.25) is 10.0 Å². The molecule has 10 heteroatoms. The van der Waals surface area contributed by atoms with Gasteiger partial charge in [0.15, 0.2) is 0 Å². The van der Waals surface area contributed by atoms with E-state index in [1.54, 1.807) is 0 Å². The van der Waals surface area contributed by atoms with Crippen LogP contribution in [0.5, 0.6) is 0 Å². The standard InChI is InChI=1S/C13H12F2N2O4S2/c1-8-2-4-10(7-13(8)22(16,18)19)17-23(20,21)12-5-3-9(14)6-11(12)15/h2-7,17H,1H3,(H2,16,18,19). The monoisotopic (exact) mass is 362 g/mol. The van der Waals surface area contributed by atoms with E-state index in [0.29, 0.717) is 11.6 Å². The Bertz CT molecular complexity index is 973. The Kier molecular flexibility index (Phi) is 4.42. The molecule has 0 bridgehead atoms. The third kappa shape index (κ3) is 3.84. The van der Waals surface area contributed by atoms with Crippen LogP contribution in [0, 0.1) is 18.6 Å². The van der Waals surface area contributed by atoms with E-state index in [9.17, 15) is 25.6 Å². The summed E-state index contributed by atoms with van der Waals surface area (Å²) >= 11 is 0. The molecule has 2 aromatic carbocycles. The van der Waals surface area contributed by atoms with Crippen molar-refractivity contribution in [3.8, 4) is 0 Å². The van der Waals surface area contributed by atoms with Crippen molar-refractivity contribution in [3.05, 3.63) is 53.6 Å². The molecule has 0 heterocycles. The molecule has 0 saturated heterocycles. The summed E-state index contributed by atoms with van der Waals surface area (Å²) in [5.74, 6) is -2.19. The van der Waals surface area contributed by atoms with E-state index in [-0.39, 0.29) is 10.6 Å². The Morgan fingerprint density at radius 3 is 2.17 bits per heavy atom. The number of benzene rings is 2. The summed E-state index contributed by atoms with van der Waals surface area (Å²) in [6.45, 7) is 1.48. The third-order valence-electron chi connectivity index (χ3n) is 2.93. The van der Waals surface area contributed by atoms with Crippen LogP contribution < -0.4 is 9.86 Å². The summed E-state index contributed by atoms with van der Waals surface area (Å²) in [4.78, 5) is -1.03. The minimum atomic E-state index is -4.36. The van der Waals surface area contributed by atoms with Crippen LogP contribution >= 0.6 is 0 Å². The van der Waals surface area contributed by atoms with Gasteiger partial charge >= 0.3 is 0 Å². The lowest BCUT2D eigenvalue weighted by Gasteiger charge is -2.11. The van der Waals surface area contributed by atoms with Crippen LogP contribution in [-0.4, -0.2) is 16.8 Å². The minimum Gasteiger partial charge on any atom is -0.279 e.